The van der Waals surface area contributed by atoms with Gasteiger partial charge in [-0.2, -0.15) is 0 Å². The molecule has 0 radical (unpaired) electrons. The molecule has 4 heteroatoms. The van der Waals surface area contributed by atoms with E-state index in [1.54, 1.807) is 0 Å². The number of aliphatic hydroxyl groups excluding tert-OH is 1. The van der Waals surface area contributed by atoms with Crippen molar-refractivity contribution in [3.8, 4) is 11.3 Å². The quantitative estimate of drug-likeness (QED) is 0.748. The van der Waals surface area contributed by atoms with Gasteiger partial charge in [0.25, 0.3) is 0 Å². The fourth-order valence-electron chi connectivity index (χ4n) is 3.81. The first-order valence-corrected chi connectivity index (χ1v) is 9.60. The Balaban J connectivity index is 1.49. The SMILES string of the molecule is OCc1ccc(-c2cccc([C@H]3CCCN(Cc4cccnc4)C3)n2)cc1. The molecule has 1 aliphatic rings. The second-order valence-corrected chi connectivity index (χ2v) is 7.24. The van der Waals surface area contributed by atoms with Gasteiger partial charge in [-0.15, -0.1) is 0 Å². The monoisotopic (exact) mass is 359 g/mol. The third-order valence-electron chi connectivity index (χ3n) is 5.26. The molecule has 0 bridgehead atoms. The summed E-state index contributed by atoms with van der Waals surface area (Å²) in [6, 6.07) is 18.5. The number of likely N-dealkylation sites (tertiary alicyclic amines) is 1. The van der Waals surface area contributed by atoms with Crippen LogP contribution in [0.15, 0.2) is 67.0 Å². The lowest BCUT2D eigenvalue weighted by molar-refractivity contribution is 0.198. The van der Waals surface area contributed by atoms with Crippen molar-refractivity contribution < 1.29 is 5.11 Å². The van der Waals surface area contributed by atoms with Crippen LogP contribution in [0.4, 0.5) is 0 Å². The van der Waals surface area contributed by atoms with E-state index in [1.807, 2.05) is 42.7 Å². The standard InChI is InChI=1S/C23H25N3O/c27-17-18-8-10-20(11-9-18)22-6-1-7-23(25-22)21-5-3-13-26(16-21)15-19-4-2-12-24-14-19/h1-2,4,6-12,14,21,27H,3,5,13,15-17H2/t21-/m0/s1. The Morgan fingerprint density at radius 2 is 1.89 bits per heavy atom. The maximum atomic E-state index is 9.22. The molecule has 27 heavy (non-hydrogen) atoms. The number of hydrogen-bond acceptors (Lipinski definition) is 4. The van der Waals surface area contributed by atoms with Gasteiger partial charge >= 0.3 is 0 Å². The van der Waals surface area contributed by atoms with Crippen LogP contribution in [-0.2, 0) is 13.2 Å². The highest BCUT2D eigenvalue weighted by molar-refractivity contribution is 5.59. The van der Waals surface area contributed by atoms with Gasteiger partial charge in [-0.3, -0.25) is 14.9 Å². The molecule has 138 valence electrons. The third kappa shape index (κ3) is 4.41. The third-order valence-corrected chi connectivity index (χ3v) is 5.26. The smallest absolute Gasteiger partial charge is 0.0705 e. The average molecular weight is 359 g/mol. The summed E-state index contributed by atoms with van der Waals surface area (Å²) >= 11 is 0. The van der Waals surface area contributed by atoms with E-state index in [9.17, 15) is 5.11 Å². The first-order chi connectivity index (χ1) is 13.3. The predicted octanol–water partition coefficient (Wildman–Crippen LogP) is 4.02. The Morgan fingerprint density at radius 1 is 1.00 bits per heavy atom. The van der Waals surface area contributed by atoms with Crippen molar-refractivity contribution in [1.82, 2.24) is 14.9 Å². The van der Waals surface area contributed by atoms with Crippen LogP contribution in [-0.4, -0.2) is 33.1 Å². The Hall–Kier alpha value is -2.56. The van der Waals surface area contributed by atoms with E-state index in [1.165, 1.54) is 24.1 Å². The van der Waals surface area contributed by atoms with E-state index in [4.69, 9.17) is 4.98 Å². The molecule has 1 atom stereocenters. The summed E-state index contributed by atoms with van der Waals surface area (Å²) < 4.78 is 0. The van der Waals surface area contributed by atoms with Gasteiger partial charge in [0.15, 0.2) is 0 Å². The molecule has 1 N–H and O–H groups in total. The number of aliphatic hydroxyl groups is 1. The zero-order valence-corrected chi connectivity index (χ0v) is 15.5. The number of nitrogens with zero attached hydrogens (tertiary/aromatic N) is 3. The summed E-state index contributed by atoms with van der Waals surface area (Å²) in [5, 5.41) is 9.22. The minimum absolute atomic E-state index is 0.0720. The van der Waals surface area contributed by atoms with Gasteiger partial charge in [0, 0.05) is 42.7 Å². The minimum atomic E-state index is 0.0720. The highest BCUT2D eigenvalue weighted by Gasteiger charge is 2.22. The second-order valence-electron chi connectivity index (χ2n) is 7.24. The van der Waals surface area contributed by atoms with Crippen molar-refractivity contribution >= 4 is 0 Å². The Kier molecular flexibility index (Phi) is 5.56. The average Bonchev–Trinajstić information content (AvgIpc) is 2.75. The van der Waals surface area contributed by atoms with Crippen molar-refractivity contribution in [3.63, 3.8) is 0 Å². The topological polar surface area (TPSA) is 49.2 Å². The molecule has 0 amide bonds. The number of aromatic nitrogens is 2. The Bertz CT molecular complexity index is 864. The summed E-state index contributed by atoms with van der Waals surface area (Å²) in [7, 11) is 0. The Labute approximate surface area is 160 Å². The van der Waals surface area contributed by atoms with E-state index in [0.29, 0.717) is 5.92 Å². The molecule has 1 aromatic carbocycles. The van der Waals surface area contributed by atoms with Crippen LogP contribution < -0.4 is 0 Å². The van der Waals surface area contributed by atoms with Gasteiger partial charge in [-0.05, 0) is 48.7 Å². The fourth-order valence-corrected chi connectivity index (χ4v) is 3.81. The summed E-state index contributed by atoms with van der Waals surface area (Å²) in [6.07, 6.45) is 6.16. The van der Waals surface area contributed by atoms with Gasteiger partial charge in [0.05, 0.1) is 12.3 Å². The molecule has 1 saturated heterocycles. The highest BCUT2D eigenvalue weighted by Crippen LogP contribution is 2.28. The van der Waals surface area contributed by atoms with Crippen molar-refractivity contribution in [3.05, 3.63) is 83.8 Å². The van der Waals surface area contributed by atoms with Crippen LogP contribution in [0.3, 0.4) is 0 Å². The maximum absolute atomic E-state index is 9.22. The van der Waals surface area contributed by atoms with E-state index in [-0.39, 0.29) is 6.61 Å². The van der Waals surface area contributed by atoms with Crippen molar-refractivity contribution in [2.24, 2.45) is 0 Å². The van der Waals surface area contributed by atoms with Crippen LogP contribution in [0.1, 0.15) is 35.6 Å². The number of hydrogen-bond donors (Lipinski definition) is 1. The molecule has 1 aliphatic heterocycles. The van der Waals surface area contributed by atoms with Gasteiger partial charge in [-0.1, -0.05) is 36.4 Å². The number of pyridine rings is 2. The molecule has 4 rings (SSSR count). The molecular formula is C23H25N3O. The first kappa shape index (κ1) is 17.8. The summed E-state index contributed by atoms with van der Waals surface area (Å²) in [4.78, 5) is 11.7. The molecular weight excluding hydrogens is 334 g/mol. The van der Waals surface area contributed by atoms with E-state index in [0.717, 1.165) is 36.5 Å². The minimum Gasteiger partial charge on any atom is -0.392 e. The Morgan fingerprint density at radius 3 is 2.67 bits per heavy atom. The number of rotatable bonds is 5. The molecule has 0 aliphatic carbocycles. The molecule has 4 nitrogen and oxygen atoms in total. The fraction of sp³-hybridized carbons (Fsp3) is 0.304. The van der Waals surface area contributed by atoms with Crippen LogP contribution in [0.25, 0.3) is 11.3 Å². The normalized spacial score (nSPS) is 17.7. The van der Waals surface area contributed by atoms with Gasteiger partial charge < -0.3 is 5.11 Å². The summed E-state index contributed by atoms with van der Waals surface area (Å²) in [5.74, 6) is 0.465. The lowest BCUT2D eigenvalue weighted by Crippen LogP contribution is -2.34. The molecule has 0 spiro atoms. The lowest BCUT2D eigenvalue weighted by atomic mass is 9.93. The van der Waals surface area contributed by atoms with E-state index < -0.39 is 0 Å². The lowest BCUT2D eigenvalue weighted by Gasteiger charge is -2.32. The number of benzene rings is 1. The summed E-state index contributed by atoms with van der Waals surface area (Å²) in [5.41, 5.74) is 5.46. The van der Waals surface area contributed by atoms with Crippen molar-refractivity contribution in [1.29, 1.82) is 0 Å². The van der Waals surface area contributed by atoms with Gasteiger partial charge in [0.2, 0.25) is 0 Å². The van der Waals surface area contributed by atoms with Gasteiger partial charge in [0.1, 0.15) is 0 Å². The van der Waals surface area contributed by atoms with Crippen LogP contribution in [0.2, 0.25) is 0 Å². The maximum Gasteiger partial charge on any atom is 0.0705 e. The van der Waals surface area contributed by atoms with Crippen molar-refractivity contribution in [2.75, 3.05) is 13.1 Å². The zero-order chi connectivity index (χ0) is 18.5. The largest absolute Gasteiger partial charge is 0.392 e. The predicted molar refractivity (Wildman–Crippen MR) is 107 cm³/mol. The van der Waals surface area contributed by atoms with E-state index >= 15 is 0 Å². The molecule has 1 fully saturated rings. The first-order valence-electron chi connectivity index (χ1n) is 9.60. The van der Waals surface area contributed by atoms with Crippen LogP contribution in [0, 0.1) is 0 Å². The van der Waals surface area contributed by atoms with Crippen LogP contribution >= 0.6 is 0 Å². The molecule has 3 heterocycles. The molecule has 0 saturated carbocycles. The van der Waals surface area contributed by atoms with Gasteiger partial charge in [-0.25, -0.2) is 0 Å². The molecule has 3 aromatic rings. The zero-order valence-electron chi connectivity index (χ0n) is 15.5. The highest BCUT2D eigenvalue weighted by atomic mass is 16.3. The molecule has 0 unspecified atom stereocenters. The van der Waals surface area contributed by atoms with Crippen LogP contribution in [0.5, 0.6) is 0 Å². The van der Waals surface area contributed by atoms with E-state index in [2.05, 4.69) is 34.1 Å². The number of piperidine rings is 1. The molecule has 2 aromatic heterocycles. The van der Waals surface area contributed by atoms with Crippen molar-refractivity contribution in [2.45, 2.75) is 31.9 Å². The second kappa shape index (κ2) is 8.42. The summed E-state index contributed by atoms with van der Waals surface area (Å²) in [6.45, 7) is 3.19.